The minimum atomic E-state index is -0.353. The van der Waals surface area contributed by atoms with Crippen molar-refractivity contribution in [2.45, 2.75) is 19.4 Å². The lowest BCUT2D eigenvalue weighted by Crippen LogP contribution is -2.24. The monoisotopic (exact) mass is 351 g/mol. The molecule has 0 radical (unpaired) electrons. The lowest BCUT2D eigenvalue weighted by atomic mass is 10.1. The maximum Gasteiger partial charge on any atom is 0.224 e. The van der Waals surface area contributed by atoms with Crippen LogP contribution in [0.4, 0.5) is 4.39 Å². The lowest BCUT2D eigenvalue weighted by Gasteiger charge is -2.09. The van der Waals surface area contributed by atoms with Gasteiger partial charge in [-0.2, -0.15) is 0 Å². The number of benzene rings is 2. The molecule has 0 saturated heterocycles. The van der Waals surface area contributed by atoms with Crippen LogP contribution in [0.3, 0.4) is 0 Å². The average Bonchev–Trinajstić information content (AvgIpc) is 3.31. The molecule has 4 rings (SSSR count). The number of ether oxygens (including phenoxy) is 1. The van der Waals surface area contributed by atoms with Crippen LogP contribution in [0, 0.1) is 5.82 Å². The first kappa shape index (κ1) is 16.3. The number of fused-ring (bicyclic) bond motifs is 1. The van der Waals surface area contributed by atoms with Crippen molar-refractivity contribution in [3.05, 3.63) is 77.6 Å². The Hall–Kier alpha value is -3.15. The first-order valence-electron chi connectivity index (χ1n) is 8.47. The highest BCUT2D eigenvalue weighted by atomic mass is 19.1. The van der Waals surface area contributed by atoms with Crippen molar-refractivity contribution in [3.8, 4) is 11.4 Å². The largest absolute Gasteiger partial charge is 0.493 e. The van der Waals surface area contributed by atoms with Gasteiger partial charge < -0.3 is 14.6 Å². The molecule has 132 valence electrons. The van der Waals surface area contributed by atoms with Gasteiger partial charge in [0.25, 0.3) is 0 Å². The standard InChI is InChI=1S/C20H18FN3O2/c21-17-10-15(1-3-18(17)24-7-6-22-13-24)12-23-20(25)11-14-2-4-19-16(9-14)5-8-26-19/h1-4,6-7,9-10,13H,5,8,11-12H2,(H,23,25). The third-order valence-corrected chi connectivity index (χ3v) is 4.40. The van der Waals surface area contributed by atoms with E-state index in [0.717, 1.165) is 23.3 Å². The number of rotatable bonds is 5. The van der Waals surface area contributed by atoms with Gasteiger partial charge in [-0.3, -0.25) is 4.79 Å². The molecule has 1 amide bonds. The van der Waals surface area contributed by atoms with E-state index in [9.17, 15) is 9.18 Å². The van der Waals surface area contributed by atoms with Gasteiger partial charge in [-0.25, -0.2) is 9.37 Å². The molecule has 0 spiro atoms. The maximum absolute atomic E-state index is 14.2. The highest BCUT2D eigenvalue weighted by molar-refractivity contribution is 5.78. The van der Waals surface area contributed by atoms with Gasteiger partial charge in [0, 0.05) is 25.4 Å². The summed E-state index contributed by atoms with van der Waals surface area (Å²) in [5, 5.41) is 2.84. The van der Waals surface area contributed by atoms with E-state index in [1.165, 1.54) is 6.07 Å². The van der Waals surface area contributed by atoms with E-state index in [-0.39, 0.29) is 18.3 Å². The number of hydrogen-bond acceptors (Lipinski definition) is 3. The van der Waals surface area contributed by atoms with Crippen LogP contribution < -0.4 is 10.1 Å². The van der Waals surface area contributed by atoms with Crippen LogP contribution in [0.5, 0.6) is 5.75 Å². The van der Waals surface area contributed by atoms with Crippen LogP contribution in [0.15, 0.2) is 55.1 Å². The van der Waals surface area contributed by atoms with Gasteiger partial charge in [0.2, 0.25) is 5.91 Å². The molecule has 2 heterocycles. The minimum absolute atomic E-state index is 0.0945. The van der Waals surface area contributed by atoms with Crippen molar-refractivity contribution in [2.75, 3.05) is 6.61 Å². The summed E-state index contributed by atoms with van der Waals surface area (Å²) in [5.41, 5.74) is 3.24. The van der Waals surface area contributed by atoms with Crippen LogP contribution in [-0.2, 0) is 24.2 Å². The molecule has 1 aliphatic heterocycles. The smallest absolute Gasteiger partial charge is 0.224 e. The molecule has 0 bridgehead atoms. The number of nitrogens with zero attached hydrogens (tertiary/aromatic N) is 2. The summed E-state index contributed by atoms with van der Waals surface area (Å²) in [4.78, 5) is 16.1. The van der Waals surface area contributed by atoms with Crippen molar-refractivity contribution in [3.63, 3.8) is 0 Å². The van der Waals surface area contributed by atoms with Crippen molar-refractivity contribution in [1.29, 1.82) is 0 Å². The Bertz CT molecular complexity index is 938. The summed E-state index contributed by atoms with van der Waals surface area (Å²) >= 11 is 0. The van der Waals surface area contributed by atoms with E-state index in [4.69, 9.17) is 4.74 Å². The van der Waals surface area contributed by atoms with Gasteiger partial charge in [0.1, 0.15) is 11.6 Å². The Balaban J connectivity index is 1.36. The molecule has 0 aliphatic carbocycles. The Kier molecular flexibility index (Phi) is 4.39. The van der Waals surface area contributed by atoms with E-state index < -0.39 is 0 Å². The lowest BCUT2D eigenvalue weighted by molar-refractivity contribution is -0.120. The Morgan fingerprint density at radius 3 is 2.92 bits per heavy atom. The summed E-state index contributed by atoms with van der Waals surface area (Å²) in [5.74, 6) is 0.457. The normalized spacial score (nSPS) is 12.5. The molecular formula is C20H18FN3O2. The SMILES string of the molecule is O=C(Cc1ccc2c(c1)CCO2)NCc1ccc(-n2ccnc2)c(F)c1. The van der Waals surface area contributed by atoms with E-state index in [2.05, 4.69) is 10.3 Å². The fourth-order valence-electron chi connectivity index (χ4n) is 3.07. The molecular weight excluding hydrogens is 333 g/mol. The molecule has 5 nitrogen and oxygen atoms in total. The Morgan fingerprint density at radius 2 is 2.12 bits per heavy atom. The highest BCUT2D eigenvalue weighted by Crippen LogP contribution is 2.26. The molecule has 2 aromatic carbocycles. The van der Waals surface area contributed by atoms with Gasteiger partial charge in [0.05, 0.1) is 25.0 Å². The van der Waals surface area contributed by atoms with E-state index in [1.807, 2.05) is 18.2 Å². The number of nitrogens with one attached hydrogen (secondary N) is 1. The maximum atomic E-state index is 14.2. The average molecular weight is 351 g/mol. The second kappa shape index (κ2) is 7.00. The van der Waals surface area contributed by atoms with Gasteiger partial charge in [-0.1, -0.05) is 18.2 Å². The van der Waals surface area contributed by atoms with Crippen LogP contribution in [-0.4, -0.2) is 22.1 Å². The number of aromatic nitrogens is 2. The summed E-state index contributed by atoms with van der Waals surface area (Å²) in [6.07, 6.45) is 6.00. The number of imidazole rings is 1. The Labute approximate surface area is 150 Å². The molecule has 0 fully saturated rings. The van der Waals surface area contributed by atoms with Gasteiger partial charge in [-0.15, -0.1) is 0 Å². The van der Waals surface area contributed by atoms with Crippen LogP contribution in [0.25, 0.3) is 5.69 Å². The van der Waals surface area contributed by atoms with Crippen molar-refractivity contribution < 1.29 is 13.9 Å². The second-order valence-electron chi connectivity index (χ2n) is 6.25. The summed E-state index contributed by atoms with van der Waals surface area (Å²) in [6.45, 7) is 0.986. The number of amides is 1. The third kappa shape index (κ3) is 3.44. The summed E-state index contributed by atoms with van der Waals surface area (Å²) < 4.78 is 21.3. The van der Waals surface area contributed by atoms with Crippen molar-refractivity contribution in [1.82, 2.24) is 14.9 Å². The molecule has 1 aliphatic rings. The van der Waals surface area contributed by atoms with Gasteiger partial charge in [0.15, 0.2) is 0 Å². The zero-order chi connectivity index (χ0) is 17.9. The Morgan fingerprint density at radius 1 is 1.23 bits per heavy atom. The molecule has 6 heteroatoms. The molecule has 3 aromatic rings. The molecule has 1 aromatic heterocycles. The van der Waals surface area contributed by atoms with Crippen molar-refractivity contribution >= 4 is 5.91 Å². The predicted molar refractivity (Wildman–Crippen MR) is 94.7 cm³/mol. The fraction of sp³-hybridized carbons (Fsp3) is 0.200. The first-order valence-corrected chi connectivity index (χ1v) is 8.47. The number of hydrogen-bond donors (Lipinski definition) is 1. The summed E-state index contributed by atoms with van der Waals surface area (Å²) in [7, 11) is 0. The minimum Gasteiger partial charge on any atom is -0.493 e. The van der Waals surface area contributed by atoms with Gasteiger partial charge >= 0.3 is 0 Å². The molecule has 0 atom stereocenters. The van der Waals surface area contributed by atoms with E-state index in [0.29, 0.717) is 24.3 Å². The van der Waals surface area contributed by atoms with Crippen LogP contribution in [0.1, 0.15) is 16.7 Å². The van der Waals surface area contributed by atoms with Crippen LogP contribution >= 0.6 is 0 Å². The third-order valence-electron chi connectivity index (χ3n) is 4.40. The molecule has 0 unspecified atom stereocenters. The fourth-order valence-corrected chi connectivity index (χ4v) is 3.07. The summed E-state index contributed by atoms with van der Waals surface area (Å²) in [6, 6.07) is 10.7. The van der Waals surface area contributed by atoms with E-state index >= 15 is 0 Å². The molecule has 1 N–H and O–H groups in total. The van der Waals surface area contributed by atoms with Crippen LogP contribution in [0.2, 0.25) is 0 Å². The van der Waals surface area contributed by atoms with E-state index in [1.54, 1.807) is 35.4 Å². The van der Waals surface area contributed by atoms with Gasteiger partial charge in [-0.05, 0) is 34.9 Å². The topological polar surface area (TPSA) is 56.1 Å². The predicted octanol–water partition coefficient (Wildman–Crippen LogP) is 2.81. The number of carbonyl (C=O) groups excluding carboxylic acids is 1. The number of halogens is 1. The zero-order valence-corrected chi connectivity index (χ0v) is 14.1. The quantitative estimate of drug-likeness (QED) is 0.769. The first-order chi connectivity index (χ1) is 12.7. The highest BCUT2D eigenvalue weighted by Gasteiger charge is 2.13. The number of carbonyl (C=O) groups is 1. The second-order valence-corrected chi connectivity index (χ2v) is 6.25. The van der Waals surface area contributed by atoms with Crippen molar-refractivity contribution in [2.24, 2.45) is 0 Å². The molecule has 0 saturated carbocycles. The molecule has 26 heavy (non-hydrogen) atoms. The zero-order valence-electron chi connectivity index (χ0n) is 14.1.